The second-order valence-electron chi connectivity index (χ2n) is 1.45. The predicted molar refractivity (Wildman–Crippen MR) is 23.8 cm³/mol. The summed E-state index contributed by atoms with van der Waals surface area (Å²) in [6, 6.07) is 0. The summed E-state index contributed by atoms with van der Waals surface area (Å²) in [7, 11) is -16.7. The SMILES string of the molecule is F[B-](F)(F)F.F[P-](F)(F)(F)(F)F. The molecule has 0 radical (unpaired) electrons. The zero-order chi connectivity index (χ0) is 10.9. The van der Waals surface area contributed by atoms with Crippen molar-refractivity contribution >= 4 is 15.1 Å². The van der Waals surface area contributed by atoms with Crippen LogP contribution in [-0.4, -0.2) is 7.25 Å². The zero-order valence-corrected chi connectivity index (χ0v) is 5.70. The Morgan fingerprint density at radius 1 is 0.583 bits per heavy atom. The van der Waals surface area contributed by atoms with E-state index < -0.39 is 15.1 Å². The second-order valence-corrected chi connectivity index (χ2v) is 3.37. The topological polar surface area (TPSA) is 0 Å². The van der Waals surface area contributed by atoms with E-state index in [2.05, 4.69) is 0 Å². The van der Waals surface area contributed by atoms with Gasteiger partial charge in [0.2, 0.25) is 0 Å². The van der Waals surface area contributed by atoms with Crippen LogP contribution < -0.4 is 0 Å². The van der Waals surface area contributed by atoms with Gasteiger partial charge in [0.05, 0.1) is 0 Å². The van der Waals surface area contributed by atoms with Gasteiger partial charge >= 0.3 is 40.2 Å². The van der Waals surface area contributed by atoms with Crippen molar-refractivity contribution in [3.63, 3.8) is 0 Å². The third kappa shape index (κ3) is 18000. The van der Waals surface area contributed by atoms with Gasteiger partial charge < -0.3 is 17.3 Å². The van der Waals surface area contributed by atoms with Crippen molar-refractivity contribution in [1.29, 1.82) is 0 Å². The third-order valence-corrected chi connectivity index (χ3v) is 0. The van der Waals surface area contributed by atoms with E-state index >= 15 is 0 Å². The molecule has 0 saturated carbocycles. The van der Waals surface area contributed by atoms with E-state index in [1.54, 1.807) is 0 Å². The maximum atomic E-state index is 9.87. The summed E-state index contributed by atoms with van der Waals surface area (Å²) in [6.07, 6.45) is 0. The molecule has 12 heavy (non-hydrogen) atoms. The second kappa shape index (κ2) is 2.40. The fraction of sp³-hybridized carbons (Fsp3) is 0. The quantitative estimate of drug-likeness (QED) is 0.323. The standard InChI is InChI=1S/BF4.F6P/c2-1(3,4)5;1-7(2,3,4,5)6/q2*-1. The van der Waals surface area contributed by atoms with Gasteiger partial charge in [-0.2, -0.15) is 0 Å². The van der Waals surface area contributed by atoms with Crippen molar-refractivity contribution in [2.75, 3.05) is 0 Å². The molecule has 0 spiro atoms. The van der Waals surface area contributed by atoms with Crippen LogP contribution in [0.5, 0.6) is 0 Å². The van der Waals surface area contributed by atoms with E-state index in [0.717, 1.165) is 0 Å². The normalized spacial score (nSPS) is 18.5. The molecule has 0 aromatic heterocycles. The van der Waals surface area contributed by atoms with E-state index in [0.29, 0.717) is 0 Å². The van der Waals surface area contributed by atoms with Crippen molar-refractivity contribution in [3.8, 4) is 0 Å². The summed E-state index contributed by atoms with van der Waals surface area (Å²) in [5, 5.41) is 0. The molecule has 0 aliphatic rings. The number of hydrogen-bond acceptors (Lipinski definition) is 0. The van der Waals surface area contributed by atoms with Gasteiger partial charge in [0.1, 0.15) is 0 Å². The van der Waals surface area contributed by atoms with E-state index in [9.17, 15) is 42.4 Å². The monoisotopic (exact) mass is 232 g/mol. The van der Waals surface area contributed by atoms with Gasteiger partial charge in [-0.15, -0.1) is 0 Å². The molecule has 80 valence electrons. The molecule has 0 fully saturated rings. The Morgan fingerprint density at radius 3 is 0.583 bits per heavy atom. The molecule has 0 saturated heterocycles. The first kappa shape index (κ1) is 14.3. The minimum absolute atomic E-state index is 6.00. The van der Waals surface area contributed by atoms with E-state index in [1.807, 2.05) is 0 Å². The van der Waals surface area contributed by atoms with Crippen molar-refractivity contribution in [1.82, 2.24) is 0 Å². The van der Waals surface area contributed by atoms with Gasteiger partial charge in [-0.3, -0.25) is 0 Å². The zero-order valence-electron chi connectivity index (χ0n) is 4.80. The van der Waals surface area contributed by atoms with Crippen LogP contribution in [0.4, 0.5) is 42.4 Å². The summed E-state index contributed by atoms with van der Waals surface area (Å²) < 4.78 is 98.2. The van der Waals surface area contributed by atoms with Crippen molar-refractivity contribution in [2.24, 2.45) is 0 Å². The average Bonchev–Trinajstić information content (AvgIpc) is 1.04. The van der Waals surface area contributed by atoms with Crippen LogP contribution in [0.1, 0.15) is 0 Å². The first-order chi connectivity index (χ1) is 4.45. The molecular formula is BF10P-2. The molecule has 0 N–H and O–H groups in total. The molecule has 0 nitrogen and oxygen atoms in total. The van der Waals surface area contributed by atoms with Gasteiger partial charge in [0.15, 0.2) is 0 Å². The van der Waals surface area contributed by atoms with Crippen LogP contribution in [0.15, 0.2) is 0 Å². The summed E-state index contributed by atoms with van der Waals surface area (Å²) in [6.45, 7) is 0. The van der Waals surface area contributed by atoms with Crippen LogP contribution in [0, 0.1) is 0 Å². The van der Waals surface area contributed by atoms with Gasteiger partial charge in [0, 0.05) is 0 Å². The molecule has 0 heterocycles. The summed E-state index contributed by atoms with van der Waals surface area (Å²) >= 11 is 0. The van der Waals surface area contributed by atoms with Crippen LogP contribution in [0.3, 0.4) is 0 Å². The van der Waals surface area contributed by atoms with Crippen LogP contribution >= 0.6 is 7.81 Å². The fourth-order valence-electron chi connectivity index (χ4n) is 0. The Bertz CT molecular complexity index is 120. The van der Waals surface area contributed by atoms with Gasteiger partial charge in [-0.1, -0.05) is 0 Å². The Balaban J connectivity index is 0. The maximum absolute atomic E-state index is 10.7. The predicted octanol–water partition coefficient (Wildman–Crippen LogP) is 4.68. The Kier molecular flexibility index (Phi) is 2.86. The van der Waals surface area contributed by atoms with Gasteiger partial charge in [-0.05, 0) is 0 Å². The van der Waals surface area contributed by atoms with Crippen LogP contribution in [0.25, 0.3) is 0 Å². The summed E-state index contributed by atoms with van der Waals surface area (Å²) in [5.74, 6) is 0. The van der Waals surface area contributed by atoms with Crippen molar-refractivity contribution < 1.29 is 42.4 Å². The Morgan fingerprint density at radius 2 is 0.583 bits per heavy atom. The first-order valence-electron chi connectivity index (χ1n) is 1.89. The molecule has 0 atom stereocenters. The molecule has 0 amide bonds. The Hall–Kier alpha value is -0.205. The molecule has 0 aliphatic heterocycles. The Labute approximate surface area is 58.9 Å². The van der Waals surface area contributed by atoms with Gasteiger partial charge in [-0.25, -0.2) is 0 Å². The number of rotatable bonds is 0. The molecule has 0 unspecified atom stereocenters. The summed E-state index contributed by atoms with van der Waals surface area (Å²) in [5.41, 5.74) is 0. The van der Waals surface area contributed by atoms with Crippen LogP contribution in [-0.2, 0) is 0 Å². The molecule has 0 aromatic rings. The van der Waals surface area contributed by atoms with E-state index in [-0.39, 0.29) is 0 Å². The molecular weight excluding hydrogens is 232 g/mol. The summed E-state index contributed by atoms with van der Waals surface area (Å²) in [4.78, 5) is 0. The molecule has 0 aliphatic carbocycles. The molecule has 0 aromatic carbocycles. The first-order valence-corrected chi connectivity index (χ1v) is 3.92. The number of hydrogen-bond donors (Lipinski definition) is 0. The van der Waals surface area contributed by atoms with Crippen molar-refractivity contribution in [3.05, 3.63) is 0 Å². The van der Waals surface area contributed by atoms with Crippen molar-refractivity contribution in [2.45, 2.75) is 0 Å². The molecule has 12 heteroatoms. The van der Waals surface area contributed by atoms with Crippen LogP contribution in [0.2, 0.25) is 0 Å². The average molecular weight is 232 g/mol. The molecule has 0 bridgehead atoms. The fourth-order valence-corrected chi connectivity index (χ4v) is 0. The van der Waals surface area contributed by atoms with E-state index in [1.165, 1.54) is 0 Å². The minimum atomic E-state index is -10.7. The van der Waals surface area contributed by atoms with Gasteiger partial charge in [0.25, 0.3) is 0 Å². The molecule has 0 rings (SSSR count). The number of halogens is 10. The third-order valence-electron chi connectivity index (χ3n) is 0. The van der Waals surface area contributed by atoms with E-state index in [4.69, 9.17) is 0 Å².